The van der Waals surface area contributed by atoms with E-state index in [9.17, 15) is 0 Å². The lowest BCUT2D eigenvalue weighted by atomic mass is 9.78. The Morgan fingerprint density at radius 3 is 2.59 bits per heavy atom. The van der Waals surface area contributed by atoms with E-state index in [2.05, 4.69) is 11.8 Å². The van der Waals surface area contributed by atoms with Gasteiger partial charge in [-0.3, -0.25) is 4.90 Å². The van der Waals surface area contributed by atoms with E-state index in [1.165, 1.54) is 45.1 Å². The second kappa shape index (κ2) is 5.68. The van der Waals surface area contributed by atoms with Gasteiger partial charge in [-0.05, 0) is 31.7 Å². The molecule has 0 amide bonds. The van der Waals surface area contributed by atoms with Crippen LogP contribution >= 0.6 is 0 Å². The monoisotopic (exact) mass is 240 g/mol. The number of rotatable bonds is 3. The van der Waals surface area contributed by atoms with Crippen LogP contribution in [0.4, 0.5) is 0 Å². The predicted octanol–water partition coefficient (Wildman–Crippen LogP) is 2.00. The van der Waals surface area contributed by atoms with Gasteiger partial charge in [0.05, 0.1) is 6.10 Å². The smallest absolute Gasteiger partial charge is 0.0724 e. The highest BCUT2D eigenvalue weighted by atomic mass is 16.5. The van der Waals surface area contributed by atoms with Crippen LogP contribution in [0.3, 0.4) is 0 Å². The topological polar surface area (TPSA) is 38.5 Å². The van der Waals surface area contributed by atoms with Crippen LogP contribution in [0.1, 0.15) is 45.4 Å². The van der Waals surface area contributed by atoms with Crippen molar-refractivity contribution in [3.05, 3.63) is 0 Å². The number of nitrogens with two attached hydrogens (primary N) is 1. The number of likely N-dealkylation sites (tertiary alicyclic amines) is 1. The molecule has 1 heterocycles. The number of hydrogen-bond donors (Lipinski definition) is 1. The highest BCUT2D eigenvalue weighted by Crippen LogP contribution is 2.36. The summed E-state index contributed by atoms with van der Waals surface area (Å²) < 4.78 is 5.63. The molecule has 0 bridgehead atoms. The van der Waals surface area contributed by atoms with Crippen molar-refractivity contribution in [2.24, 2.45) is 11.7 Å². The summed E-state index contributed by atoms with van der Waals surface area (Å²) in [4.78, 5) is 2.64. The van der Waals surface area contributed by atoms with E-state index < -0.39 is 0 Å². The summed E-state index contributed by atoms with van der Waals surface area (Å²) in [5.74, 6) is 0.690. The standard InChI is InChI=1S/C14H28N2O/c1-12-6-9-16(10-13(12)17-2)14(11-15)7-4-3-5-8-14/h12-13H,3-11,15H2,1-2H3. The van der Waals surface area contributed by atoms with Gasteiger partial charge in [0.1, 0.15) is 0 Å². The van der Waals surface area contributed by atoms with Crippen LogP contribution in [0.25, 0.3) is 0 Å². The first-order chi connectivity index (χ1) is 8.22. The molecule has 1 aliphatic carbocycles. The Morgan fingerprint density at radius 1 is 1.29 bits per heavy atom. The van der Waals surface area contributed by atoms with Gasteiger partial charge >= 0.3 is 0 Å². The van der Waals surface area contributed by atoms with Gasteiger partial charge in [0.15, 0.2) is 0 Å². The normalized spacial score (nSPS) is 34.8. The second-order valence-corrected chi connectivity index (χ2v) is 5.98. The van der Waals surface area contributed by atoms with Gasteiger partial charge in [0.2, 0.25) is 0 Å². The summed E-state index contributed by atoms with van der Waals surface area (Å²) in [7, 11) is 1.85. The van der Waals surface area contributed by atoms with Gasteiger partial charge in [-0.2, -0.15) is 0 Å². The molecule has 3 heteroatoms. The Hall–Kier alpha value is -0.120. The zero-order valence-corrected chi connectivity index (χ0v) is 11.5. The maximum absolute atomic E-state index is 6.11. The summed E-state index contributed by atoms with van der Waals surface area (Å²) in [6.45, 7) is 5.41. The summed E-state index contributed by atoms with van der Waals surface area (Å²) >= 11 is 0. The van der Waals surface area contributed by atoms with Crippen LogP contribution in [0.5, 0.6) is 0 Å². The predicted molar refractivity (Wildman–Crippen MR) is 71.0 cm³/mol. The summed E-state index contributed by atoms with van der Waals surface area (Å²) in [5.41, 5.74) is 6.40. The van der Waals surface area contributed by atoms with E-state index in [0.29, 0.717) is 12.0 Å². The van der Waals surface area contributed by atoms with Gasteiger partial charge < -0.3 is 10.5 Å². The van der Waals surface area contributed by atoms with Gasteiger partial charge in [-0.1, -0.05) is 26.2 Å². The van der Waals surface area contributed by atoms with E-state index in [0.717, 1.165) is 13.1 Å². The van der Waals surface area contributed by atoms with Crippen molar-refractivity contribution >= 4 is 0 Å². The first kappa shape index (κ1) is 13.3. The molecule has 2 aliphatic rings. The fourth-order valence-corrected chi connectivity index (χ4v) is 3.63. The van der Waals surface area contributed by atoms with Crippen LogP contribution in [0, 0.1) is 5.92 Å². The minimum Gasteiger partial charge on any atom is -0.380 e. The first-order valence-electron chi connectivity index (χ1n) is 7.20. The Kier molecular flexibility index (Phi) is 4.45. The summed E-state index contributed by atoms with van der Waals surface area (Å²) in [5, 5.41) is 0. The molecule has 0 aromatic heterocycles. The number of hydrogen-bond acceptors (Lipinski definition) is 3. The largest absolute Gasteiger partial charge is 0.380 e. The quantitative estimate of drug-likeness (QED) is 0.820. The fraction of sp³-hybridized carbons (Fsp3) is 1.00. The van der Waals surface area contributed by atoms with Gasteiger partial charge in [0, 0.05) is 25.7 Å². The lowest BCUT2D eigenvalue weighted by Gasteiger charge is -2.50. The molecule has 2 fully saturated rings. The molecule has 2 unspecified atom stereocenters. The van der Waals surface area contributed by atoms with Crippen molar-refractivity contribution in [3.8, 4) is 0 Å². The molecule has 2 rings (SSSR count). The maximum Gasteiger partial charge on any atom is 0.0724 e. The third-order valence-electron chi connectivity index (χ3n) is 5.03. The number of methoxy groups -OCH3 is 1. The molecular formula is C14H28N2O. The zero-order valence-electron chi connectivity index (χ0n) is 11.5. The van der Waals surface area contributed by atoms with Crippen molar-refractivity contribution in [2.75, 3.05) is 26.7 Å². The van der Waals surface area contributed by atoms with Crippen LogP contribution in [0.2, 0.25) is 0 Å². The SMILES string of the molecule is COC1CN(C2(CN)CCCCC2)CCC1C. The zero-order chi connectivity index (χ0) is 12.3. The van der Waals surface area contributed by atoms with Crippen LogP contribution < -0.4 is 5.73 Å². The lowest BCUT2D eigenvalue weighted by Crippen LogP contribution is -2.60. The highest BCUT2D eigenvalue weighted by Gasteiger charge is 2.40. The van der Waals surface area contributed by atoms with Crippen molar-refractivity contribution in [1.29, 1.82) is 0 Å². The molecule has 17 heavy (non-hydrogen) atoms. The van der Waals surface area contributed by atoms with Crippen molar-refractivity contribution < 1.29 is 4.74 Å². The van der Waals surface area contributed by atoms with Crippen molar-refractivity contribution in [1.82, 2.24) is 4.90 Å². The Balaban J connectivity index is 2.04. The van der Waals surface area contributed by atoms with Gasteiger partial charge in [-0.25, -0.2) is 0 Å². The Morgan fingerprint density at radius 2 is 2.00 bits per heavy atom. The Labute approximate surface area is 106 Å². The summed E-state index contributed by atoms with van der Waals surface area (Å²) in [6, 6.07) is 0. The molecule has 2 N–H and O–H groups in total. The average Bonchev–Trinajstić information content (AvgIpc) is 2.40. The second-order valence-electron chi connectivity index (χ2n) is 5.98. The average molecular weight is 240 g/mol. The molecule has 0 aromatic rings. The molecule has 0 aromatic carbocycles. The molecule has 1 saturated carbocycles. The lowest BCUT2D eigenvalue weighted by molar-refractivity contribution is -0.0546. The minimum absolute atomic E-state index is 0.287. The van der Waals surface area contributed by atoms with E-state index in [1.54, 1.807) is 0 Å². The number of piperidine rings is 1. The molecule has 1 aliphatic heterocycles. The van der Waals surface area contributed by atoms with Crippen molar-refractivity contribution in [3.63, 3.8) is 0 Å². The van der Waals surface area contributed by atoms with Gasteiger partial charge in [0.25, 0.3) is 0 Å². The minimum atomic E-state index is 0.287. The van der Waals surface area contributed by atoms with Crippen LogP contribution in [-0.4, -0.2) is 43.3 Å². The molecule has 1 saturated heterocycles. The molecule has 2 atom stereocenters. The molecular weight excluding hydrogens is 212 g/mol. The van der Waals surface area contributed by atoms with E-state index in [4.69, 9.17) is 10.5 Å². The highest BCUT2D eigenvalue weighted by molar-refractivity contribution is 4.97. The molecule has 0 spiro atoms. The number of nitrogens with zero attached hydrogens (tertiary/aromatic N) is 1. The molecule has 100 valence electrons. The summed E-state index contributed by atoms with van der Waals surface area (Å²) in [6.07, 6.45) is 8.30. The molecule has 0 radical (unpaired) electrons. The van der Waals surface area contributed by atoms with Gasteiger partial charge in [-0.15, -0.1) is 0 Å². The van der Waals surface area contributed by atoms with Crippen LogP contribution in [0.15, 0.2) is 0 Å². The number of ether oxygens (including phenoxy) is 1. The van der Waals surface area contributed by atoms with E-state index >= 15 is 0 Å². The van der Waals surface area contributed by atoms with Crippen LogP contribution in [-0.2, 0) is 4.74 Å². The van der Waals surface area contributed by atoms with Crippen molar-refractivity contribution in [2.45, 2.75) is 57.1 Å². The van der Waals surface area contributed by atoms with E-state index in [1.807, 2.05) is 7.11 Å². The molecule has 3 nitrogen and oxygen atoms in total. The third-order valence-corrected chi connectivity index (χ3v) is 5.03. The Bertz CT molecular complexity index is 238. The fourth-order valence-electron chi connectivity index (χ4n) is 3.63. The third kappa shape index (κ3) is 2.67. The van der Waals surface area contributed by atoms with E-state index in [-0.39, 0.29) is 5.54 Å². The first-order valence-corrected chi connectivity index (χ1v) is 7.20. The maximum atomic E-state index is 6.11.